The van der Waals surface area contributed by atoms with Crippen LogP contribution in [0.1, 0.15) is 41.1 Å². The number of aromatic carboxylic acids is 1. The second-order valence-electron chi connectivity index (χ2n) is 4.44. The molecule has 6 nitrogen and oxygen atoms in total. The van der Waals surface area contributed by atoms with Crippen molar-refractivity contribution in [1.82, 2.24) is 10.6 Å². The summed E-state index contributed by atoms with van der Waals surface area (Å²) in [5, 5.41) is 14.3. The summed E-state index contributed by atoms with van der Waals surface area (Å²) in [6.07, 6.45) is 3.21. The van der Waals surface area contributed by atoms with Gasteiger partial charge < -0.3 is 20.2 Å². The van der Waals surface area contributed by atoms with Gasteiger partial charge in [-0.2, -0.15) is 0 Å². The molecule has 0 saturated heterocycles. The predicted molar refractivity (Wildman–Crippen MR) is 63.4 cm³/mol. The molecule has 0 radical (unpaired) electrons. The highest BCUT2D eigenvalue weighted by Crippen LogP contribution is 2.18. The predicted octanol–water partition coefficient (Wildman–Crippen LogP) is 1.64. The van der Waals surface area contributed by atoms with Crippen LogP contribution in [0.3, 0.4) is 0 Å². The number of amides is 2. The first-order valence-corrected chi connectivity index (χ1v) is 5.93. The van der Waals surface area contributed by atoms with Crippen molar-refractivity contribution in [3.63, 3.8) is 0 Å². The highest BCUT2D eigenvalue weighted by Gasteiger charge is 2.19. The molecular weight excluding hydrogens is 236 g/mol. The van der Waals surface area contributed by atoms with Crippen molar-refractivity contribution in [3.05, 3.63) is 23.2 Å². The third-order valence-corrected chi connectivity index (χ3v) is 3.06. The Balaban J connectivity index is 1.83. The summed E-state index contributed by atoms with van der Waals surface area (Å²) in [6.45, 7) is 1.77. The van der Waals surface area contributed by atoms with Crippen LogP contribution in [0, 0.1) is 6.92 Å². The number of carbonyl (C=O) groups excluding carboxylic acids is 1. The Kier molecular flexibility index (Phi) is 3.55. The minimum atomic E-state index is -1.03. The SMILES string of the molecule is Cc1oc(CNC(=O)NC2CCC2)cc1C(=O)O. The van der Waals surface area contributed by atoms with Crippen LogP contribution in [0.2, 0.25) is 0 Å². The summed E-state index contributed by atoms with van der Waals surface area (Å²) in [5.41, 5.74) is 0.131. The molecule has 0 bridgehead atoms. The van der Waals surface area contributed by atoms with Crippen LogP contribution in [0.5, 0.6) is 0 Å². The van der Waals surface area contributed by atoms with Crippen LogP contribution in [0.4, 0.5) is 4.79 Å². The van der Waals surface area contributed by atoms with Gasteiger partial charge in [0.2, 0.25) is 0 Å². The Morgan fingerprint density at radius 3 is 2.72 bits per heavy atom. The van der Waals surface area contributed by atoms with Gasteiger partial charge in [0, 0.05) is 6.04 Å². The number of rotatable bonds is 4. The standard InChI is InChI=1S/C12H16N2O4/c1-7-10(11(15)16)5-9(18-7)6-13-12(17)14-8-3-2-4-8/h5,8H,2-4,6H2,1H3,(H,15,16)(H2,13,14,17). The van der Waals surface area contributed by atoms with Crippen molar-refractivity contribution in [2.45, 2.75) is 38.8 Å². The molecule has 1 heterocycles. The lowest BCUT2D eigenvalue weighted by Crippen LogP contribution is -2.44. The molecule has 0 unspecified atom stereocenters. The highest BCUT2D eigenvalue weighted by atomic mass is 16.4. The van der Waals surface area contributed by atoms with E-state index in [1.807, 2.05) is 0 Å². The summed E-state index contributed by atoms with van der Waals surface area (Å²) in [7, 11) is 0. The molecule has 0 atom stereocenters. The second-order valence-corrected chi connectivity index (χ2v) is 4.44. The molecule has 1 saturated carbocycles. The first-order chi connectivity index (χ1) is 8.56. The topological polar surface area (TPSA) is 91.6 Å². The molecule has 0 aromatic carbocycles. The normalized spacial score (nSPS) is 14.9. The van der Waals surface area contributed by atoms with E-state index in [4.69, 9.17) is 9.52 Å². The average Bonchev–Trinajstić information content (AvgIpc) is 2.62. The number of hydrogen-bond donors (Lipinski definition) is 3. The summed E-state index contributed by atoms with van der Waals surface area (Å²) in [4.78, 5) is 22.3. The van der Waals surface area contributed by atoms with Crippen molar-refractivity contribution in [2.75, 3.05) is 0 Å². The van der Waals surface area contributed by atoms with Crippen LogP contribution in [-0.4, -0.2) is 23.1 Å². The summed E-state index contributed by atoms with van der Waals surface area (Å²) in [6, 6.07) is 1.46. The fraction of sp³-hybridized carbons (Fsp3) is 0.500. The Labute approximate surface area is 104 Å². The lowest BCUT2D eigenvalue weighted by atomic mass is 9.93. The van der Waals surface area contributed by atoms with E-state index >= 15 is 0 Å². The molecular formula is C12H16N2O4. The maximum Gasteiger partial charge on any atom is 0.339 e. The summed E-state index contributed by atoms with van der Waals surface area (Å²) >= 11 is 0. The van der Waals surface area contributed by atoms with Crippen LogP contribution in [0.15, 0.2) is 10.5 Å². The minimum absolute atomic E-state index is 0.131. The number of aryl methyl sites for hydroxylation is 1. The van der Waals surface area contributed by atoms with Crippen molar-refractivity contribution < 1.29 is 19.1 Å². The molecule has 2 amide bonds. The van der Waals surface area contributed by atoms with Gasteiger partial charge in [-0.1, -0.05) is 0 Å². The zero-order valence-electron chi connectivity index (χ0n) is 10.2. The van der Waals surface area contributed by atoms with E-state index in [1.54, 1.807) is 6.92 Å². The lowest BCUT2D eigenvalue weighted by molar-refractivity contribution is 0.0695. The number of urea groups is 1. The number of hydrogen-bond acceptors (Lipinski definition) is 3. The number of carboxylic acids is 1. The fourth-order valence-electron chi connectivity index (χ4n) is 1.80. The first kappa shape index (κ1) is 12.5. The van der Waals surface area contributed by atoms with E-state index in [2.05, 4.69) is 10.6 Å². The Hall–Kier alpha value is -1.98. The van der Waals surface area contributed by atoms with Gasteiger partial charge in [0.25, 0.3) is 0 Å². The molecule has 3 N–H and O–H groups in total. The van der Waals surface area contributed by atoms with Gasteiger partial charge in [-0.3, -0.25) is 0 Å². The molecule has 1 aliphatic rings. The maximum atomic E-state index is 11.5. The van der Waals surface area contributed by atoms with E-state index < -0.39 is 5.97 Å². The summed E-state index contributed by atoms with van der Waals surface area (Å²) < 4.78 is 5.25. The van der Waals surface area contributed by atoms with Crippen molar-refractivity contribution in [1.29, 1.82) is 0 Å². The zero-order valence-corrected chi connectivity index (χ0v) is 10.2. The Bertz CT molecular complexity index is 463. The molecule has 18 heavy (non-hydrogen) atoms. The molecule has 1 aromatic heterocycles. The van der Waals surface area contributed by atoms with Crippen LogP contribution in [-0.2, 0) is 6.54 Å². The number of carboxylic acid groups (broad SMARTS) is 1. The van der Waals surface area contributed by atoms with Gasteiger partial charge in [-0.15, -0.1) is 0 Å². The van der Waals surface area contributed by atoms with Crippen molar-refractivity contribution >= 4 is 12.0 Å². The van der Waals surface area contributed by atoms with E-state index in [9.17, 15) is 9.59 Å². The lowest BCUT2D eigenvalue weighted by Gasteiger charge is -2.26. The Morgan fingerprint density at radius 1 is 1.50 bits per heavy atom. The van der Waals surface area contributed by atoms with Crippen LogP contribution < -0.4 is 10.6 Å². The maximum absolute atomic E-state index is 11.5. The van der Waals surface area contributed by atoms with Gasteiger partial charge in [-0.25, -0.2) is 9.59 Å². The fourth-order valence-corrected chi connectivity index (χ4v) is 1.80. The number of nitrogens with one attached hydrogen (secondary N) is 2. The molecule has 1 aromatic rings. The Morgan fingerprint density at radius 2 is 2.22 bits per heavy atom. The quantitative estimate of drug-likeness (QED) is 0.759. The molecule has 0 aliphatic heterocycles. The molecule has 0 spiro atoms. The zero-order chi connectivity index (χ0) is 13.1. The van der Waals surface area contributed by atoms with E-state index in [0.717, 1.165) is 19.3 Å². The van der Waals surface area contributed by atoms with Gasteiger partial charge >= 0.3 is 12.0 Å². The molecule has 2 rings (SSSR count). The molecule has 98 valence electrons. The monoisotopic (exact) mass is 252 g/mol. The highest BCUT2D eigenvalue weighted by molar-refractivity contribution is 5.88. The first-order valence-electron chi connectivity index (χ1n) is 5.93. The second kappa shape index (κ2) is 5.12. The largest absolute Gasteiger partial charge is 0.478 e. The summed E-state index contributed by atoms with van der Waals surface area (Å²) in [5.74, 6) is -0.242. The average molecular weight is 252 g/mol. The number of furan rings is 1. The van der Waals surface area contributed by atoms with Crippen molar-refractivity contribution in [3.8, 4) is 0 Å². The van der Waals surface area contributed by atoms with Gasteiger partial charge in [0.1, 0.15) is 17.1 Å². The molecule has 6 heteroatoms. The molecule has 1 aliphatic carbocycles. The van der Waals surface area contributed by atoms with Crippen molar-refractivity contribution in [2.24, 2.45) is 0 Å². The van der Waals surface area contributed by atoms with Gasteiger partial charge in [-0.05, 0) is 32.3 Å². The third-order valence-electron chi connectivity index (χ3n) is 3.06. The smallest absolute Gasteiger partial charge is 0.339 e. The van der Waals surface area contributed by atoms with Gasteiger partial charge in [0.15, 0.2) is 0 Å². The van der Waals surface area contributed by atoms with Crippen LogP contribution >= 0.6 is 0 Å². The van der Waals surface area contributed by atoms with E-state index in [1.165, 1.54) is 6.07 Å². The van der Waals surface area contributed by atoms with Gasteiger partial charge in [0.05, 0.1) is 6.54 Å². The molecule has 1 fully saturated rings. The van der Waals surface area contributed by atoms with E-state index in [0.29, 0.717) is 11.5 Å². The number of carbonyl (C=O) groups is 2. The third kappa shape index (κ3) is 2.82. The van der Waals surface area contributed by atoms with E-state index in [-0.39, 0.29) is 24.2 Å². The minimum Gasteiger partial charge on any atom is -0.478 e. The van der Waals surface area contributed by atoms with Crippen LogP contribution in [0.25, 0.3) is 0 Å².